The molecule has 0 bridgehead atoms. The molecule has 0 radical (unpaired) electrons. The average molecular weight is 355 g/mol. The monoisotopic (exact) mass is 355 g/mol. The topological polar surface area (TPSA) is 70.0 Å². The second-order valence-electron chi connectivity index (χ2n) is 6.66. The maximum Gasteiger partial charge on any atom is 0.454 e. The summed E-state index contributed by atoms with van der Waals surface area (Å²) in [6, 6.07) is 5.94. The highest BCUT2D eigenvalue weighted by Gasteiger charge is 2.31. The van der Waals surface area contributed by atoms with E-state index in [9.17, 15) is 5.02 Å². The van der Waals surface area contributed by atoms with E-state index >= 15 is 0 Å². The molecule has 2 atom stereocenters. The van der Waals surface area contributed by atoms with Crippen molar-refractivity contribution in [2.75, 3.05) is 20.3 Å². The summed E-state index contributed by atoms with van der Waals surface area (Å²) in [5.74, 6) is 2.15. The van der Waals surface area contributed by atoms with Crippen LogP contribution in [0.1, 0.15) is 24.8 Å². The molecule has 3 heterocycles. The van der Waals surface area contributed by atoms with Crippen molar-refractivity contribution in [1.82, 2.24) is 4.98 Å². The van der Waals surface area contributed by atoms with Gasteiger partial charge in [0.15, 0.2) is 11.5 Å². The fourth-order valence-electron chi connectivity index (χ4n) is 3.43. The Kier molecular flexibility index (Phi) is 4.74. The van der Waals surface area contributed by atoms with Gasteiger partial charge in [-0.2, -0.15) is 0 Å². The van der Waals surface area contributed by atoms with Crippen LogP contribution in [-0.4, -0.2) is 43.6 Å². The minimum atomic E-state index is -0.694. The zero-order chi connectivity index (χ0) is 18.1. The summed E-state index contributed by atoms with van der Waals surface area (Å²) >= 11 is 0. The maximum absolute atomic E-state index is 9.62. The molecule has 1 aromatic heterocycles. The first-order chi connectivity index (χ1) is 12.7. The van der Waals surface area contributed by atoms with E-state index in [0.717, 1.165) is 23.1 Å². The Hall–Kier alpha value is -2.25. The molecule has 136 valence electrons. The van der Waals surface area contributed by atoms with E-state index in [-0.39, 0.29) is 12.0 Å². The average Bonchev–Trinajstić information content (AvgIpc) is 3.13. The normalized spacial score (nSPS) is 21.7. The second-order valence-corrected chi connectivity index (χ2v) is 6.66. The van der Waals surface area contributed by atoms with Gasteiger partial charge in [-0.15, -0.1) is 0 Å². The molecule has 2 aliphatic rings. The third-order valence-electron chi connectivity index (χ3n) is 4.97. The van der Waals surface area contributed by atoms with Crippen LogP contribution >= 0.6 is 0 Å². The fraction of sp³-hybridized carbons (Fsp3) is 0.421. The highest BCUT2D eigenvalue weighted by Crippen LogP contribution is 2.47. The zero-order valence-electron chi connectivity index (χ0n) is 15.0. The van der Waals surface area contributed by atoms with E-state index in [1.165, 1.54) is 0 Å². The molecule has 1 N–H and O–H groups in total. The van der Waals surface area contributed by atoms with E-state index < -0.39 is 7.12 Å². The van der Waals surface area contributed by atoms with Gasteiger partial charge in [0.25, 0.3) is 0 Å². The van der Waals surface area contributed by atoms with Gasteiger partial charge in [-0.25, -0.2) is 0 Å². The van der Waals surface area contributed by atoms with Gasteiger partial charge in [0.1, 0.15) is 12.7 Å². The molecular formula is C19H22BNO5. The third-order valence-corrected chi connectivity index (χ3v) is 4.97. The minimum absolute atomic E-state index is 0.0215. The van der Waals surface area contributed by atoms with Crippen LogP contribution in [0, 0.1) is 0 Å². The molecule has 2 unspecified atom stereocenters. The van der Waals surface area contributed by atoms with Crippen molar-refractivity contribution in [2.45, 2.75) is 31.7 Å². The van der Waals surface area contributed by atoms with Crippen LogP contribution in [0.3, 0.4) is 0 Å². The van der Waals surface area contributed by atoms with Gasteiger partial charge in [0.2, 0.25) is 5.75 Å². The highest BCUT2D eigenvalue weighted by atomic mass is 16.6. The van der Waals surface area contributed by atoms with Crippen LogP contribution in [0.5, 0.6) is 17.2 Å². The molecule has 1 fully saturated rings. The molecule has 0 aliphatic carbocycles. The predicted molar refractivity (Wildman–Crippen MR) is 97.9 cm³/mol. The standard InChI is InChI=1S/C19H22BNO5/c1-3-15-11-24-18-16(4-5-17(23-2)19(18)26-15)13-6-12(8-21-9-13)14-7-20(22)25-10-14/h4-6,8-9,14-15,22H,3,7,10-11H2,1-2H3. The molecule has 26 heavy (non-hydrogen) atoms. The van der Waals surface area contributed by atoms with Crippen LogP contribution in [0.2, 0.25) is 6.32 Å². The SMILES string of the molecule is CCC1COc2c(-c3cncc(C4COB(O)C4)c3)ccc(OC)c2O1. The molecule has 0 amide bonds. The second kappa shape index (κ2) is 7.17. The predicted octanol–water partition coefficient (Wildman–Crippen LogP) is 2.90. The van der Waals surface area contributed by atoms with Crippen molar-refractivity contribution in [1.29, 1.82) is 0 Å². The molecule has 0 spiro atoms. The molecule has 2 aromatic rings. The van der Waals surface area contributed by atoms with Crippen molar-refractivity contribution in [2.24, 2.45) is 0 Å². The van der Waals surface area contributed by atoms with Crippen LogP contribution < -0.4 is 14.2 Å². The molecule has 2 aliphatic heterocycles. The van der Waals surface area contributed by atoms with Gasteiger partial charge in [-0.3, -0.25) is 4.98 Å². The quantitative estimate of drug-likeness (QED) is 0.851. The Balaban J connectivity index is 1.72. The lowest BCUT2D eigenvalue weighted by Gasteiger charge is -2.28. The summed E-state index contributed by atoms with van der Waals surface area (Å²) in [5.41, 5.74) is 2.91. The molecule has 6 nitrogen and oxygen atoms in total. The third kappa shape index (κ3) is 3.13. The van der Waals surface area contributed by atoms with Crippen LogP contribution in [0.15, 0.2) is 30.6 Å². The Morgan fingerprint density at radius 1 is 1.27 bits per heavy atom. The van der Waals surface area contributed by atoms with Gasteiger partial charge in [0, 0.05) is 36.0 Å². The molecule has 0 saturated carbocycles. The number of fused-ring (bicyclic) bond motifs is 1. The number of nitrogens with zero attached hydrogens (tertiary/aromatic N) is 1. The molecule has 1 saturated heterocycles. The van der Waals surface area contributed by atoms with E-state index in [1.807, 2.05) is 24.5 Å². The van der Waals surface area contributed by atoms with Crippen molar-refractivity contribution >= 4 is 7.12 Å². The first-order valence-corrected chi connectivity index (χ1v) is 8.95. The Labute approximate surface area is 153 Å². The zero-order valence-corrected chi connectivity index (χ0v) is 15.0. The highest BCUT2D eigenvalue weighted by molar-refractivity contribution is 6.43. The number of hydrogen-bond acceptors (Lipinski definition) is 6. The molecule has 4 rings (SSSR count). The summed E-state index contributed by atoms with van der Waals surface area (Å²) < 4.78 is 22.9. The number of rotatable bonds is 4. The lowest BCUT2D eigenvalue weighted by Crippen LogP contribution is -2.28. The van der Waals surface area contributed by atoms with Crippen molar-refractivity contribution in [3.63, 3.8) is 0 Å². The van der Waals surface area contributed by atoms with Gasteiger partial charge < -0.3 is 23.9 Å². The van der Waals surface area contributed by atoms with Gasteiger partial charge >= 0.3 is 7.12 Å². The van der Waals surface area contributed by atoms with Crippen molar-refractivity contribution in [3.8, 4) is 28.4 Å². The number of methoxy groups -OCH3 is 1. The number of benzene rings is 1. The number of aromatic nitrogens is 1. The summed E-state index contributed by atoms with van der Waals surface area (Å²) in [4.78, 5) is 4.39. The van der Waals surface area contributed by atoms with Gasteiger partial charge in [-0.05, 0) is 36.5 Å². The van der Waals surface area contributed by atoms with E-state index in [1.54, 1.807) is 7.11 Å². The van der Waals surface area contributed by atoms with Crippen LogP contribution in [-0.2, 0) is 4.65 Å². The summed E-state index contributed by atoms with van der Waals surface area (Å²) in [6.45, 7) is 3.09. The van der Waals surface area contributed by atoms with E-state index in [2.05, 4.69) is 18.0 Å². The first kappa shape index (κ1) is 17.2. The van der Waals surface area contributed by atoms with E-state index in [0.29, 0.717) is 36.8 Å². The number of hydrogen-bond donors (Lipinski definition) is 1. The summed E-state index contributed by atoms with van der Waals surface area (Å²) in [7, 11) is 0.932. The number of pyridine rings is 1. The van der Waals surface area contributed by atoms with Gasteiger partial charge in [0.05, 0.1) is 7.11 Å². The smallest absolute Gasteiger partial charge is 0.454 e. The molecular weight excluding hydrogens is 333 g/mol. The van der Waals surface area contributed by atoms with E-state index in [4.69, 9.17) is 18.9 Å². The van der Waals surface area contributed by atoms with Crippen LogP contribution in [0.4, 0.5) is 0 Å². The Bertz CT molecular complexity index is 799. The summed E-state index contributed by atoms with van der Waals surface area (Å²) in [5, 5.41) is 9.62. The van der Waals surface area contributed by atoms with Crippen LogP contribution in [0.25, 0.3) is 11.1 Å². The Morgan fingerprint density at radius 3 is 2.88 bits per heavy atom. The van der Waals surface area contributed by atoms with Crippen molar-refractivity contribution < 1.29 is 23.9 Å². The fourth-order valence-corrected chi connectivity index (χ4v) is 3.43. The molecule has 1 aromatic carbocycles. The van der Waals surface area contributed by atoms with Crippen molar-refractivity contribution in [3.05, 3.63) is 36.2 Å². The maximum atomic E-state index is 9.62. The lowest BCUT2D eigenvalue weighted by molar-refractivity contribution is 0.0850. The lowest BCUT2D eigenvalue weighted by atomic mass is 9.79. The summed E-state index contributed by atoms with van der Waals surface area (Å²) in [6.07, 6.45) is 5.12. The largest absolute Gasteiger partial charge is 0.493 e. The first-order valence-electron chi connectivity index (χ1n) is 8.95. The minimum Gasteiger partial charge on any atom is -0.493 e. The number of ether oxygens (including phenoxy) is 3. The Morgan fingerprint density at radius 2 is 2.15 bits per heavy atom. The van der Waals surface area contributed by atoms with Gasteiger partial charge in [-0.1, -0.05) is 6.92 Å². The molecule has 7 heteroatoms.